The molecule has 0 saturated heterocycles. The Bertz CT molecular complexity index is 288. The van der Waals surface area contributed by atoms with Crippen molar-refractivity contribution in [3.63, 3.8) is 0 Å². The third-order valence-corrected chi connectivity index (χ3v) is 1.85. The summed E-state index contributed by atoms with van der Waals surface area (Å²) in [6.45, 7) is 8.13. The van der Waals surface area contributed by atoms with E-state index >= 15 is 0 Å². The van der Waals surface area contributed by atoms with Gasteiger partial charge in [0.15, 0.2) is 5.96 Å². The van der Waals surface area contributed by atoms with Gasteiger partial charge in [0.25, 0.3) is 0 Å². The van der Waals surface area contributed by atoms with Crippen LogP contribution >= 0.6 is 0 Å². The highest BCUT2D eigenvalue weighted by molar-refractivity contribution is 6.00. The van der Waals surface area contributed by atoms with E-state index in [0.29, 0.717) is 0 Å². The lowest BCUT2D eigenvalue weighted by atomic mass is 10.2. The summed E-state index contributed by atoms with van der Waals surface area (Å²) in [5.74, 6) is 1.62. The van der Waals surface area contributed by atoms with Crippen LogP contribution in [0.1, 0.15) is 27.7 Å². The summed E-state index contributed by atoms with van der Waals surface area (Å²) in [5, 5.41) is 6.39. The molecular formula is C10H21N5. The van der Waals surface area contributed by atoms with Gasteiger partial charge in [0.1, 0.15) is 5.66 Å². The van der Waals surface area contributed by atoms with Gasteiger partial charge in [-0.2, -0.15) is 0 Å². The predicted molar refractivity (Wildman–Crippen MR) is 64.0 cm³/mol. The molecule has 0 bridgehead atoms. The summed E-state index contributed by atoms with van der Waals surface area (Å²) >= 11 is 0. The molecule has 5 nitrogen and oxygen atoms in total. The molecule has 0 aliphatic carbocycles. The fraction of sp³-hybridized carbons (Fsp3) is 0.800. The molecule has 15 heavy (non-hydrogen) atoms. The fourth-order valence-corrected chi connectivity index (χ4v) is 1.28. The molecule has 86 valence electrons. The van der Waals surface area contributed by atoms with Crippen molar-refractivity contribution < 1.29 is 0 Å². The second-order valence-electron chi connectivity index (χ2n) is 4.71. The molecule has 1 aliphatic rings. The molecule has 0 aromatic rings. The largest absolute Gasteiger partial charge is 0.349 e. The van der Waals surface area contributed by atoms with Crippen LogP contribution in [0.15, 0.2) is 9.98 Å². The third kappa shape index (κ3) is 3.42. The molecule has 0 unspecified atom stereocenters. The highest BCUT2D eigenvalue weighted by Crippen LogP contribution is 2.08. The Hall–Kier alpha value is -1.26. The summed E-state index contributed by atoms with van der Waals surface area (Å²) in [5.41, 5.74) is -0.307. The lowest BCUT2D eigenvalue weighted by Gasteiger charge is -2.33. The van der Waals surface area contributed by atoms with Gasteiger partial charge < -0.3 is 10.2 Å². The Labute approximate surface area is 91.7 Å². The van der Waals surface area contributed by atoms with E-state index in [0.717, 1.165) is 11.9 Å². The van der Waals surface area contributed by atoms with Crippen molar-refractivity contribution in [2.45, 2.75) is 39.4 Å². The molecule has 1 rings (SSSR count). The van der Waals surface area contributed by atoms with Gasteiger partial charge in [-0.15, -0.1) is 0 Å². The van der Waals surface area contributed by atoms with E-state index in [1.807, 2.05) is 46.7 Å². The second-order valence-corrected chi connectivity index (χ2v) is 4.71. The van der Waals surface area contributed by atoms with Gasteiger partial charge >= 0.3 is 0 Å². The highest BCUT2D eigenvalue weighted by Gasteiger charge is 2.25. The molecule has 0 aromatic heterocycles. The van der Waals surface area contributed by atoms with Crippen LogP contribution in [0.25, 0.3) is 0 Å². The highest BCUT2D eigenvalue weighted by atomic mass is 15.4. The lowest BCUT2D eigenvalue weighted by Crippen LogP contribution is -2.58. The van der Waals surface area contributed by atoms with E-state index in [9.17, 15) is 0 Å². The van der Waals surface area contributed by atoms with Gasteiger partial charge in [-0.1, -0.05) is 0 Å². The monoisotopic (exact) mass is 211 g/mol. The molecule has 1 heterocycles. The van der Waals surface area contributed by atoms with E-state index in [-0.39, 0.29) is 11.7 Å². The number of aliphatic imine (C=N–C) groups is 2. The van der Waals surface area contributed by atoms with Crippen LogP contribution in [0.2, 0.25) is 0 Å². The van der Waals surface area contributed by atoms with E-state index < -0.39 is 0 Å². The molecule has 5 heteroatoms. The molecule has 0 fully saturated rings. The quantitative estimate of drug-likeness (QED) is 0.667. The van der Waals surface area contributed by atoms with Gasteiger partial charge in [0.05, 0.1) is 0 Å². The molecule has 2 N–H and O–H groups in total. The zero-order valence-electron chi connectivity index (χ0n) is 10.4. The number of guanidine groups is 2. The van der Waals surface area contributed by atoms with Crippen LogP contribution in [-0.2, 0) is 0 Å². The Morgan fingerprint density at radius 2 is 1.93 bits per heavy atom. The molecule has 0 radical (unpaired) electrons. The number of rotatable bonds is 1. The van der Waals surface area contributed by atoms with Crippen molar-refractivity contribution in [1.29, 1.82) is 0 Å². The minimum absolute atomic E-state index is 0.261. The molecule has 0 saturated carbocycles. The molecule has 0 aromatic carbocycles. The Balaban J connectivity index is 2.91. The van der Waals surface area contributed by atoms with Crippen molar-refractivity contribution in [2.24, 2.45) is 9.98 Å². The maximum absolute atomic E-state index is 4.51. The average Bonchev–Trinajstić information content (AvgIpc) is 1.98. The molecule has 1 aliphatic heterocycles. The standard InChI is InChI=1S/C10H21N5/c1-7(2)11-8-12-9(15(5)6)14-10(3,4)13-8/h7H,1-6H3,(H2,11,12,13,14). The number of nitrogens with zero attached hydrogens (tertiary/aromatic N) is 3. The Morgan fingerprint density at radius 3 is 2.40 bits per heavy atom. The summed E-state index contributed by atoms with van der Waals surface area (Å²) in [6.07, 6.45) is 0. The topological polar surface area (TPSA) is 52.0 Å². The summed E-state index contributed by atoms with van der Waals surface area (Å²) < 4.78 is 0. The van der Waals surface area contributed by atoms with E-state index in [4.69, 9.17) is 0 Å². The number of nitrogens with one attached hydrogen (secondary N) is 2. The minimum atomic E-state index is -0.307. The minimum Gasteiger partial charge on any atom is -0.349 e. The van der Waals surface area contributed by atoms with Crippen LogP contribution in [0.3, 0.4) is 0 Å². The van der Waals surface area contributed by atoms with Crippen molar-refractivity contribution in [2.75, 3.05) is 14.1 Å². The molecule has 0 amide bonds. The van der Waals surface area contributed by atoms with Crippen LogP contribution in [0.5, 0.6) is 0 Å². The first-order valence-electron chi connectivity index (χ1n) is 5.20. The molecule has 0 atom stereocenters. The Morgan fingerprint density at radius 1 is 1.33 bits per heavy atom. The van der Waals surface area contributed by atoms with Gasteiger partial charge in [-0.05, 0) is 27.7 Å². The van der Waals surface area contributed by atoms with Gasteiger partial charge in [0.2, 0.25) is 5.96 Å². The zero-order valence-corrected chi connectivity index (χ0v) is 10.4. The van der Waals surface area contributed by atoms with Crippen LogP contribution in [0.4, 0.5) is 0 Å². The van der Waals surface area contributed by atoms with Crippen molar-refractivity contribution in [1.82, 2.24) is 15.5 Å². The summed E-state index contributed by atoms with van der Waals surface area (Å²) in [4.78, 5) is 10.9. The van der Waals surface area contributed by atoms with Crippen molar-refractivity contribution >= 4 is 11.9 Å². The van der Waals surface area contributed by atoms with E-state index in [2.05, 4.69) is 20.6 Å². The summed E-state index contributed by atoms with van der Waals surface area (Å²) in [7, 11) is 3.92. The SMILES string of the molecule is CC(C)N=C1NC(N(C)C)=NC(C)(C)N1. The maximum Gasteiger partial charge on any atom is 0.202 e. The van der Waals surface area contributed by atoms with Crippen LogP contribution in [0, 0.1) is 0 Å². The third-order valence-electron chi connectivity index (χ3n) is 1.85. The van der Waals surface area contributed by atoms with Gasteiger partial charge in [-0.3, -0.25) is 10.3 Å². The van der Waals surface area contributed by atoms with Crippen molar-refractivity contribution in [3.05, 3.63) is 0 Å². The smallest absolute Gasteiger partial charge is 0.202 e. The molecular weight excluding hydrogens is 190 g/mol. The average molecular weight is 211 g/mol. The zero-order chi connectivity index (χ0) is 11.6. The lowest BCUT2D eigenvalue weighted by molar-refractivity contribution is 0.444. The van der Waals surface area contributed by atoms with Gasteiger partial charge in [-0.25, -0.2) is 4.99 Å². The first-order valence-corrected chi connectivity index (χ1v) is 5.20. The predicted octanol–water partition coefficient (Wildman–Crippen LogP) is 0.597. The summed E-state index contributed by atoms with van der Waals surface area (Å²) in [6, 6.07) is 0.261. The first-order chi connectivity index (χ1) is 6.80. The van der Waals surface area contributed by atoms with Crippen molar-refractivity contribution in [3.8, 4) is 0 Å². The number of hydrogen-bond donors (Lipinski definition) is 2. The van der Waals surface area contributed by atoms with E-state index in [1.165, 1.54) is 0 Å². The first kappa shape index (κ1) is 11.8. The molecule has 0 spiro atoms. The van der Waals surface area contributed by atoms with Crippen LogP contribution in [-0.4, -0.2) is 42.6 Å². The van der Waals surface area contributed by atoms with Gasteiger partial charge in [0, 0.05) is 20.1 Å². The van der Waals surface area contributed by atoms with E-state index in [1.54, 1.807) is 0 Å². The number of hydrogen-bond acceptors (Lipinski definition) is 3. The fourth-order valence-electron chi connectivity index (χ4n) is 1.28. The normalized spacial score (nSPS) is 22.1. The Kier molecular flexibility index (Phi) is 3.21. The second kappa shape index (κ2) is 4.08. The maximum atomic E-state index is 4.51. The van der Waals surface area contributed by atoms with Crippen LogP contribution < -0.4 is 10.6 Å².